The van der Waals surface area contributed by atoms with Gasteiger partial charge in [-0.1, -0.05) is 42.0 Å². The van der Waals surface area contributed by atoms with Gasteiger partial charge < -0.3 is 4.57 Å². The van der Waals surface area contributed by atoms with Crippen LogP contribution in [0.25, 0.3) is 5.69 Å². The molecule has 0 saturated heterocycles. The van der Waals surface area contributed by atoms with Crippen molar-refractivity contribution < 1.29 is 13.2 Å². The molecule has 4 rings (SSSR count). The minimum absolute atomic E-state index is 0.118. The Morgan fingerprint density at radius 2 is 1.50 bits per heavy atom. The van der Waals surface area contributed by atoms with Gasteiger partial charge in [-0.25, -0.2) is 13.8 Å². The van der Waals surface area contributed by atoms with Crippen molar-refractivity contribution in [1.82, 2.24) is 9.99 Å². The third-order valence-electron chi connectivity index (χ3n) is 6.27. The molecule has 196 valence electrons. The smallest absolute Gasteiger partial charge is 0.264 e. The number of sulfonamides is 1. The third kappa shape index (κ3) is 5.86. The zero-order valence-electron chi connectivity index (χ0n) is 22.3. The summed E-state index contributed by atoms with van der Waals surface area (Å²) in [4.78, 5) is 13.1. The van der Waals surface area contributed by atoms with Crippen LogP contribution in [0.4, 0.5) is 5.69 Å². The molecule has 38 heavy (non-hydrogen) atoms. The Kier molecular flexibility index (Phi) is 7.83. The Bertz CT molecular complexity index is 1570. The van der Waals surface area contributed by atoms with E-state index in [4.69, 9.17) is 0 Å². The summed E-state index contributed by atoms with van der Waals surface area (Å²) >= 11 is 0. The Hall–Kier alpha value is -4.17. The molecular formula is C30H32N4O3S. The summed E-state index contributed by atoms with van der Waals surface area (Å²) in [6.45, 7) is 9.25. The maximum absolute atomic E-state index is 13.6. The molecule has 0 atom stereocenters. The van der Waals surface area contributed by atoms with Gasteiger partial charge in [0.05, 0.1) is 16.8 Å². The van der Waals surface area contributed by atoms with E-state index in [2.05, 4.69) is 15.1 Å². The van der Waals surface area contributed by atoms with Gasteiger partial charge in [0.15, 0.2) is 0 Å². The molecule has 4 aromatic rings. The number of carbonyl (C=O) groups excluding carboxylic acids is 1. The number of hydrogen-bond donors (Lipinski definition) is 1. The second-order valence-electron chi connectivity index (χ2n) is 9.46. The first kappa shape index (κ1) is 26.9. The number of hydrazone groups is 1. The summed E-state index contributed by atoms with van der Waals surface area (Å²) in [6.07, 6.45) is 1.58. The number of rotatable bonds is 8. The van der Waals surface area contributed by atoms with E-state index in [1.807, 2.05) is 77.1 Å². The first-order valence-electron chi connectivity index (χ1n) is 12.3. The topological polar surface area (TPSA) is 83.8 Å². The highest BCUT2D eigenvalue weighted by Gasteiger charge is 2.27. The molecule has 7 nitrogen and oxygen atoms in total. The minimum atomic E-state index is -4.00. The number of aromatic nitrogens is 1. The number of aryl methyl sites for hydroxylation is 4. The normalized spacial score (nSPS) is 11.6. The molecule has 0 fully saturated rings. The second kappa shape index (κ2) is 11.1. The van der Waals surface area contributed by atoms with E-state index >= 15 is 0 Å². The van der Waals surface area contributed by atoms with Crippen molar-refractivity contribution in [3.05, 3.63) is 113 Å². The fourth-order valence-corrected chi connectivity index (χ4v) is 5.88. The van der Waals surface area contributed by atoms with Crippen LogP contribution < -0.4 is 9.73 Å². The van der Waals surface area contributed by atoms with Crippen LogP contribution in [0.3, 0.4) is 0 Å². The van der Waals surface area contributed by atoms with E-state index in [-0.39, 0.29) is 4.90 Å². The van der Waals surface area contributed by atoms with Crippen molar-refractivity contribution in [2.75, 3.05) is 10.8 Å². The minimum Gasteiger partial charge on any atom is -0.318 e. The average Bonchev–Trinajstić information content (AvgIpc) is 3.15. The summed E-state index contributed by atoms with van der Waals surface area (Å²) < 4.78 is 30.5. The molecule has 0 spiro atoms. The lowest BCUT2D eigenvalue weighted by molar-refractivity contribution is -0.119. The van der Waals surface area contributed by atoms with E-state index in [9.17, 15) is 13.2 Å². The number of nitrogens with zero attached hydrogens (tertiary/aromatic N) is 3. The highest BCUT2D eigenvalue weighted by atomic mass is 32.2. The molecule has 0 saturated carbocycles. The third-order valence-corrected chi connectivity index (χ3v) is 8.06. The van der Waals surface area contributed by atoms with Crippen molar-refractivity contribution in [2.24, 2.45) is 5.10 Å². The highest BCUT2D eigenvalue weighted by molar-refractivity contribution is 7.92. The quantitative estimate of drug-likeness (QED) is 0.247. The van der Waals surface area contributed by atoms with Crippen molar-refractivity contribution >= 4 is 27.8 Å². The Labute approximate surface area is 224 Å². The van der Waals surface area contributed by atoms with Crippen molar-refractivity contribution in [1.29, 1.82) is 0 Å². The predicted molar refractivity (Wildman–Crippen MR) is 153 cm³/mol. The van der Waals surface area contributed by atoms with Crippen LogP contribution >= 0.6 is 0 Å². The fourth-order valence-electron chi connectivity index (χ4n) is 4.48. The molecule has 8 heteroatoms. The van der Waals surface area contributed by atoms with E-state index in [1.165, 1.54) is 0 Å². The number of hydrogen-bond acceptors (Lipinski definition) is 4. The zero-order chi connectivity index (χ0) is 27.4. The molecule has 0 unspecified atom stereocenters. The van der Waals surface area contributed by atoms with E-state index in [0.717, 1.165) is 43.6 Å². The summed E-state index contributed by atoms with van der Waals surface area (Å²) in [5.41, 5.74) is 9.57. The standard InChI is InChI=1S/C30H32N4O3S/c1-21-11-13-29(14-12-21)38(36,37)33(28-16-22(2)15-23(3)17-28)20-30(35)32-31-19-26-18-24(4)34(25(26)5)27-9-7-6-8-10-27/h6-19H,20H2,1-5H3,(H,32,35)/b31-19-. The van der Waals surface area contributed by atoms with Gasteiger partial charge in [-0.3, -0.25) is 9.10 Å². The number of para-hydroxylation sites is 1. The van der Waals surface area contributed by atoms with Gasteiger partial charge in [0.2, 0.25) is 0 Å². The lowest BCUT2D eigenvalue weighted by atomic mass is 10.1. The molecule has 1 amide bonds. The largest absolute Gasteiger partial charge is 0.318 e. The number of amides is 1. The summed E-state index contributed by atoms with van der Waals surface area (Å²) in [5.74, 6) is -0.548. The average molecular weight is 529 g/mol. The molecule has 0 bridgehead atoms. The van der Waals surface area contributed by atoms with Gasteiger partial charge in [-0.05, 0) is 88.2 Å². The van der Waals surface area contributed by atoms with Gasteiger partial charge in [0.1, 0.15) is 6.54 Å². The van der Waals surface area contributed by atoms with Crippen molar-refractivity contribution in [2.45, 2.75) is 39.5 Å². The molecule has 0 radical (unpaired) electrons. The first-order chi connectivity index (χ1) is 18.1. The van der Waals surface area contributed by atoms with Gasteiger partial charge >= 0.3 is 0 Å². The lowest BCUT2D eigenvalue weighted by Gasteiger charge is -2.24. The molecule has 3 aromatic carbocycles. The number of benzene rings is 3. The number of anilines is 1. The first-order valence-corrected chi connectivity index (χ1v) is 13.7. The molecule has 0 aliphatic heterocycles. The molecule has 1 heterocycles. The highest BCUT2D eigenvalue weighted by Crippen LogP contribution is 2.26. The molecule has 1 aromatic heterocycles. The van der Waals surface area contributed by atoms with E-state index < -0.39 is 22.5 Å². The van der Waals surface area contributed by atoms with Crippen LogP contribution in [-0.4, -0.2) is 31.7 Å². The maximum Gasteiger partial charge on any atom is 0.264 e. The van der Waals surface area contributed by atoms with Crippen LogP contribution in [0.5, 0.6) is 0 Å². The van der Waals surface area contributed by atoms with Gasteiger partial charge in [0.25, 0.3) is 15.9 Å². The molecule has 0 aliphatic rings. The van der Waals surface area contributed by atoms with Crippen molar-refractivity contribution in [3.8, 4) is 5.69 Å². The predicted octanol–water partition coefficient (Wildman–Crippen LogP) is 5.37. The molecular weight excluding hydrogens is 496 g/mol. The summed E-state index contributed by atoms with van der Waals surface area (Å²) in [5, 5.41) is 4.14. The maximum atomic E-state index is 13.6. The Morgan fingerprint density at radius 3 is 2.13 bits per heavy atom. The fraction of sp³-hybridized carbons (Fsp3) is 0.200. The summed E-state index contributed by atoms with van der Waals surface area (Å²) in [7, 11) is -4.00. The lowest BCUT2D eigenvalue weighted by Crippen LogP contribution is -2.39. The van der Waals surface area contributed by atoms with Crippen LogP contribution in [0.1, 0.15) is 33.6 Å². The monoisotopic (exact) mass is 528 g/mol. The van der Waals surface area contributed by atoms with Crippen molar-refractivity contribution in [3.63, 3.8) is 0 Å². The van der Waals surface area contributed by atoms with Crippen LogP contribution in [0, 0.1) is 34.6 Å². The molecule has 1 N–H and O–H groups in total. The van der Waals surface area contributed by atoms with E-state index in [1.54, 1.807) is 42.6 Å². The van der Waals surface area contributed by atoms with Gasteiger partial charge in [-0.2, -0.15) is 5.10 Å². The van der Waals surface area contributed by atoms with Gasteiger partial charge in [-0.15, -0.1) is 0 Å². The SMILES string of the molecule is Cc1ccc(S(=O)(=O)N(CC(=O)N/N=C\c2cc(C)n(-c3ccccc3)c2C)c2cc(C)cc(C)c2)cc1. The second-order valence-corrected chi connectivity index (χ2v) is 11.3. The van der Waals surface area contributed by atoms with Crippen LogP contribution in [-0.2, 0) is 14.8 Å². The summed E-state index contributed by atoms with van der Waals surface area (Å²) in [6, 6.07) is 24.0. The zero-order valence-corrected chi connectivity index (χ0v) is 23.1. The number of carbonyl (C=O) groups is 1. The number of nitrogens with one attached hydrogen (secondary N) is 1. The van der Waals surface area contributed by atoms with Crippen LogP contribution in [0.15, 0.2) is 88.9 Å². The van der Waals surface area contributed by atoms with Gasteiger partial charge in [0, 0.05) is 22.6 Å². The Balaban J connectivity index is 1.58. The van der Waals surface area contributed by atoms with Crippen LogP contribution in [0.2, 0.25) is 0 Å². The molecule has 0 aliphatic carbocycles. The van der Waals surface area contributed by atoms with E-state index in [0.29, 0.717) is 5.69 Å². The Morgan fingerprint density at radius 1 is 0.868 bits per heavy atom.